The summed E-state index contributed by atoms with van der Waals surface area (Å²) in [6.45, 7) is 1.80. The van der Waals surface area contributed by atoms with Gasteiger partial charge in [-0.3, -0.25) is 4.79 Å². The van der Waals surface area contributed by atoms with Crippen molar-refractivity contribution in [2.75, 3.05) is 5.32 Å². The first-order chi connectivity index (χ1) is 7.49. The maximum atomic E-state index is 11.2. The molecule has 0 aliphatic rings. The number of phenols is 1. The van der Waals surface area contributed by atoms with Crippen LogP contribution in [-0.4, -0.2) is 22.1 Å². The predicted molar refractivity (Wildman–Crippen MR) is 58.2 cm³/mol. The van der Waals surface area contributed by atoms with Gasteiger partial charge in [0.15, 0.2) is 0 Å². The molecule has 1 aromatic rings. The molecule has 0 aliphatic carbocycles. The van der Waals surface area contributed by atoms with Gasteiger partial charge in [-0.2, -0.15) is 0 Å². The van der Waals surface area contributed by atoms with Crippen molar-refractivity contribution < 1.29 is 19.8 Å². The topological polar surface area (TPSA) is 86.6 Å². The Balaban J connectivity index is 2.73. The monoisotopic (exact) mass is 221 g/mol. The second kappa shape index (κ2) is 4.97. The maximum absolute atomic E-state index is 11.2. The van der Waals surface area contributed by atoms with Gasteiger partial charge >= 0.3 is 5.97 Å². The summed E-state index contributed by atoms with van der Waals surface area (Å²) in [5, 5.41) is 20.1. The largest absolute Gasteiger partial charge is 0.506 e. The molecular formula is C11H11NO4. The number of carboxylic acid groups (broad SMARTS) is 1. The van der Waals surface area contributed by atoms with Gasteiger partial charge in [0, 0.05) is 12.2 Å². The van der Waals surface area contributed by atoms with Gasteiger partial charge in [0.1, 0.15) is 5.75 Å². The molecule has 0 saturated carbocycles. The number of rotatable bonds is 3. The summed E-state index contributed by atoms with van der Waals surface area (Å²) >= 11 is 0. The van der Waals surface area contributed by atoms with E-state index in [1.807, 2.05) is 0 Å². The Morgan fingerprint density at radius 2 is 2.00 bits per heavy atom. The van der Waals surface area contributed by atoms with Gasteiger partial charge in [0.05, 0.1) is 5.69 Å². The van der Waals surface area contributed by atoms with E-state index in [1.165, 1.54) is 12.1 Å². The molecule has 0 saturated heterocycles. The molecule has 0 radical (unpaired) electrons. The molecule has 1 aromatic carbocycles. The van der Waals surface area contributed by atoms with Crippen LogP contribution in [0.15, 0.2) is 30.4 Å². The molecule has 84 valence electrons. The Hall–Kier alpha value is -2.30. The molecule has 0 unspecified atom stereocenters. The van der Waals surface area contributed by atoms with Crippen molar-refractivity contribution in [1.29, 1.82) is 0 Å². The normalized spacial score (nSPS) is 10.3. The number of aliphatic carboxylic acids is 1. The predicted octanol–water partition coefficient (Wildman–Crippen LogP) is 1.28. The summed E-state index contributed by atoms with van der Waals surface area (Å²) in [5.74, 6) is -1.87. The lowest BCUT2D eigenvalue weighted by atomic mass is 10.2. The Morgan fingerprint density at radius 3 is 2.56 bits per heavy atom. The second-order valence-electron chi connectivity index (χ2n) is 3.18. The summed E-state index contributed by atoms with van der Waals surface area (Å²) in [7, 11) is 0. The Bertz CT molecular complexity index is 451. The number of hydrogen-bond acceptors (Lipinski definition) is 3. The van der Waals surface area contributed by atoms with Gasteiger partial charge in [-0.1, -0.05) is 6.07 Å². The number of benzene rings is 1. The molecule has 5 heteroatoms. The van der Waals surface area contributed by atoms with Crippen molar-refractivity contribution >= 4 is 17.6 Å². The van der Waals surface area contributed by atoms with Crippen molar-refractivity contribution in [3.8, 4) is 5.75 Å². The van der Waals surface area contributed by atoms with Crippen LogP contribution >= 0.6 is 0 Å². The van der Waals surface area contributed by atoms with E-state index in [9.17, 15) is 14.7 Å². The smallest absolute Gasteiger partial charge is 0.328 e. The fraction of sp³-hybridized carbons (Fsp3) is 0.0909. The van der Waals surface area contributed by atoms with Crippen LogP contribution in [0.1, 0.15) is 5.56 Å². The first-order valence-electron chi connectivity index (χ1n) is 4.50. The lowest BCUT2D eigenvalue weighted by Gasteiger charge is -2.05. The number of amides is 1. The molecule has 0 aliphatic heterocycles. The number of nitrogens with one attached hydrogen (secondary N) is 1. The van der Waals surface area contributed by atoms with Crippen LogP contribution in [0.3, 0.4) is 0 Å². The highest BCUT2D eigenvalue weighted by molar-refractivity contribution is 6.03. The highest BCUT2D eigenvalue weighted by atomic mass is 16.4. The molecule has 1 amide bonds. The zero-order chi connectivity index (χ0) is 12.1. The van der Waals surface area contributed by atoms with Crippen LogP contribution in [0.4, 0.5) is 5.69 Å². The molecule has 1 rings (SSSR count). The Kier molecular flexibility index (Phi) is 3.66. The minimum Gasteiger partial charge on any atom is -0.506 e. The zero-order valence-electron chi connectivity index (χ0n) is 8.60. The molecule has 0 heterocycles. The molecule has 3 N–H and O–H groups in total. The zero-order valence-corrected chi connectivity index (χ0v) is 8.60. The number of aromatic hydroxyl groups is 1. The van der Waals surface area contributed by atoms with Crippen LogP contribution in [0, 0.1) is 6.92 Å². The molecule has 5 nitrogen and oxygen atoms in total. The number of carboxylic acids is 1. The highest BCUT2D eigenvalue weighted by Gasteiger charge is 2.03. The van der Waals surface area contributed by atoms with Gasteiger partial charge in [-0.25, -0.2) is 4.79 Å². The van der Waals surface area contributed by atoms with Crippen LogP contribution in [0.2, 0.25) is 0 Å². The SMILES string of the molecule is Cc1ccc(NC(=O)/C=C\C(=O)O)c(O)c1. The minimum absolute atomic E-state index is 0.0583. The summed E-state index contributed by atoms with van der Waals surface area (Å²) in [4.78, 5) is 21.3. The van der Waals surface area contributed by atoms with Crippen molar-refractivity contribution in [3.05, 3.63) is 35.9 Å². The van der Waals surface area contributed by atoms with E-state index in [-0.39, 0.29) is 11.4 Å². The summed E-state index contributed by atoms with van der Waals surface area (Å²) in [5.41, 5.74) is 1.10. The van der Waals surface area contributed by atoms with Crippen molar-refractivity contribution in [2.24, 2.45) is 0 Å². The van der Waals surface area contributed by atoms with Crippen molar-refractivity contribution in [2.45, 2.75) is 6.92 Å². The summed E-state index contributed by atoms with van der Waals surface area (Å²) < 4.78 is 0. The van der Waals surface area contributed by atoms with Crippen LogP contribution < -0.4 is 5.32 Å². The van der Waals surface area contributed by atoms with Gasteiger partial charge in [-0.15, -0.1) is 0 Å². The van der Waals surface area contributed by atoms with Crippen molar-refractivity contribution in [3.63, 3.8) is 0 Å². The van der Waals surface area contributed by atoms with Gasteiger partial charge in [-0.05, 0) is 24.6 Å². The van der Waals surface area contributed by atoms with Gasteiger partial charge < -0.3 is 15.5 Å². The third kappa shape index (κ3) is 3.45. The van der Waals surface area contributed by atoms with Crippen LogP contribution in [0.5, 0.6) is 5.75 Å². The quantitative estimate of drug-likeness (QED) is 0.530. The fourth-order valence-corrected chi connectivity index (χ4v) is 1.07. The van der Waals surface area contributed by atoms with E-state index < -0.39 is 11.9 Å². The van der Waals surface area contributed by atoms with E-state index in [1.54, 1.807) is 13.0 Å². The van der Waals surface area contributed by atoms with Gasteiger partial charge in [0.25, 0.3) is 0 Å². The molecule has 0 atom stereocenters. The summed E-state index contributed by atoms with van der Waals surface area (Å²) in [6, 6.07) is 4.75. The Morgan fingerprint density at radius 1 is 1.31 bits per heavy atom. The van der Waals surface area contributed by atoms with E-state index in [4.69, 9.17) is 5.11 Å². The molecule has 0 bridgehead atoms. The van der Waals surface area contributed by atoms with Crippen LogP contribution in [0.25, 0.3) is 0 Å². The minimum atomic E-state index is -1.21. The first kappa shape index (κ1) is 11.8. The van der Waals surface area contributed by atoms with Crippen LogP contribution in [-0.2, 0) is 9.59 Å². The van der Waals surface area contributed by atoms with Gasteiger partial charge in [0.2, 0.25) is 5.91 Å². The molecular weight excluding hydrogens is 210 g/mol. The lowest BCUT2D eigenvalue weighted by molar-refractivity contribution is -0.131. The molecule has 0 fully saturated rings. The number of carbonyl (C=O) groups excluding carboxylic acids is 1. The molecule has 0 spiro atoms. The molecule has 16 heavy (non-hydrogen) atoms. The van der Waals surface area contributed by atoms with E-state index in [0.717, 1.165) is 17.7 Å². The van der Waals surface area contributed by atoms with E-state index in [0.29, 0.717) is 0 Å². The standard InChI is InChI=1S/C11H11NO4/c1-7-2-3-8(9(13)6-7)12-10(14)4-5-11(15)16/h2-6,13H,1H3,(H,12,14)(H,15,16)/b5-4-. The third-order valence-electron chi connectivity index (χ3n) is 1.79. The number of phenolic OH excluding ortho intramolecular Hbond substituents is 1. The third-order valence-corrected chi connectivity index (χ3v) is 1.79. The van der Waals surface area contributed by atoms with Crippen molar-refractivity contribution in [1.82, 2.24) is 0 Å². The molecule has 0 aromatic heterocycles. The number of aryl methyl sites for hydroxylation is 1. The maximum Gasteiger partial charge on any atom is 0.328 e. The highest BCUT2D eigenvalue weighted by Crippen LogP contribution is 2.23. The number of anilines is 1. The van der Waals surface area contributed by atoms with E-state index >= 15 is 0 Å². The second-order valence-corrected chi connectivity index (χ2v) is 3.18. The number of carbonyl (C=O) groups is 2. The lowest BCUT2D eigenvalue weighted by Crippen LogP contribution is -2.08. The Labute approximate surface area is 92.0 Å². The fourth-order valence-electron chi connectivity index (χ4n) is 1.07. The average Bonchev–Trinajstić information content (AvgIpc) is 2.19. The average molecular weight is 221 g/mol. The summed E-state index contributed by atoms with van der Waals surface area (Å²) in [6.07, 6.45) is 1.60. The van der Waals surface area contributed by atoms with E-state index in [2.05, 4.69) is 5.32 Å². The first-order valence-corrected chi connectivity index (χ1v) is 4.50. The number of hydrogen-bond donors (Lipinski definition) is 3.